The fourth-order valence-electron chi connectivity index (χ4n) is 3.39. The summed E-state index contributed by atoms with van der Waals surface area (Å²) in [6, 6.07) is 3.86. The van der Waals surface area contributed by atoms with Crippen molar-refractivity contribution in [1.82, 2.24) is 4.98 Å². The quantitative estimate of drug-likeness (QED) is 0.848. The third-order valence-corrected chi connectivity index (χ3v) is 4.24. The first-order chi connectivity index (χ1) is 8.22. The average Bonchev–Trinajstić information content (AvgIpc) is 2.90. The van der Waals surface area contributed by atoms with Crippen LogP contribution in [0.15, 0.2) is 18.3 Å². The standard InChI is InChI=1S/C14H18N2O/c1-9-4-5-15-13(6-9)16-14(17)12-8-10-2-3-11(12)7-10/h4-6,10-12H,2-3,7-8H2,1H3,(H,15,16,17)/t10-,11+,12-/m0/s1. The lowest BCUT2D eigenvalue weighted by Crippen LogP contribution is -2.27. The molecule has 3 nitrogen and oxygen atoms in total. The second kappa shape index (κ2) is 4.13. The van der Waals surface area contributed by atoms with Crippen molar-refractivity contribution in [3.63, 3.8) is 0 Å². The molecule has 1 aromatic heterocycles. The molecule has 0 radical (unpaired) electrons. The fraction of sp³-hybridized carbons (Fsp3) is 0.571. The lowest BCUT2D eigenvalue weighted by atomic mass is 9.88. The molecular weight excluding hydrogens is 212 g/mol. The SMILES string of the molecule is Cc1ccnc(NC(=O)[C@H]2C[C@H]3CC[C@@H]2C3)c1. The van der Waals surface area contributed by atoms with Gasteiger partial charge in [0.15, 0.2) is 0 Å². The van der Waals surface area contributed by atoms with Crippen molar-refractivity contribution in [2.45, 2.75) is 32.6 Å². The molecule has 17 heavy (non-hydrogen) atoms. The third kappa shape index (κ3) is 2.06. The van der Waals surface area contributed by atoms with Gasteiger partial charge in [-0.25, -0.2) is 4.98 Å². The van der Waals surface area contributed by atoms with Gasteiger partial charge in [-0.15, -0.1) is 0 Å². The molecule has 0 aromatic carbocycles. The Morgan fingerprint density at radius 2 is 2.29 bits per heavy atom. The zero-order valence-corrected chi connectivity index (χ0v) is 10.1. The van der Waals surface area contributed by atoms with Gasteiger partial charge in [0.2, 0.25) is 5.91 Å². The third-order valence-electron chi connectivity index (χ3n) is 4.24. The van der Waals surface area contributed by atoms with Crippen molar-refractivity contribution in [3.05, 3.63) is 23.9 Å². The predicted molar refractivity (Wildman–Crippen MR) is 66.5 cm³/mol. The topological polar surface area (TPSA) is 42.0 Å². The number of aromatic nitrogens is 1. The normalized spacial score (nSPS) is 30.5. The summed E-state index contributed by atoms with van der Waals surface area (Å²) in [5.41, 5.74) is 1.13. The van der Waals surface area contributed by atoms with Crippen molar-refractivity contribution in [2.24, 2.45) is 17.8 Å². The second-order valence-electron chi connectivity index (χ2n) is 5.49. The molecule has 2 fully saturated rings. The van der Waals surface area contributed by atoms with E-state index in [1.165, 1.54) is 19.3 Å². The minimum absolute atomic E-state index is 0.176. The Labute approximate surface area is 102 Å². The van der Waals surface area contributed by atoms with Gasteiger partial charge in [0, 0.05) is 12.1 Å². The van der Waals surface area contributed by atoms with E-state index >= 15 is 0 Å². The van der Waals surface area contributed by atoms with Crippen LogP contribution in [0, 0.1) is 24.7 Å². The lowest BCUT2D eigenvalue weighted by Gasteiger charge is -2.20. The van der Waals surface area contributed by atoms with E-state index in [0.29, 0.717) is 11.7 Å². The fourth-order valence-corrected chi connectivity index (χ4v) is 3.39. The molecule has 2 aliphatic carbocycles. The first-order valence-corrected chi connectivity index (χ1v) is 6.46. The highest BCUT2D eigenvalue weighted by atomic mass is 16.2. The van der Waals surface area contributed by atoms with Gasteiger partial charge in [0.1, 0.15) is 5.82 Å². The number of nitrogens with one attached hydrogen (secondary N) is 1. The Morgan fingerprint density at radius 1 is 1.41 bits per heavy atom. The van der Waals surface area contributed by atoms with Crippen molar-refractivity contribution >= 4 is 11.7 Å². The summed E-state index contributed by atoms with van der Waals surface area (Å²) in [6.45, 7) is 2.01. The first kappa shape index (κ1) is 10.8. The van der Waals surface area contributed by atoms with Gasteiger partial charge >= 0.3 is 0 Å². The summed E-state index contributed by atoms with van der Waals surface area (Å²) in [6.07, 6.45) is 6.66. The summed E-state index contributed by atoms with van der Waals surface area (Å²) >= 11 is 0. The van der Waals surface area contributed by atoms with Crippen LogP contribution in [0.25, 0.3) is 0 Å². The Kier molecular flexibility index (Phi) is 2.61. The van der Waals surface area contributed by atoms with Crippen LogP contribution in [0.5, 0.6) is 0 Å². The van der Waals surface area contributed by atoms with Crippen molar-refractivity contribution < 1.29 is 4.79 Å². The molecular formula is C14H18N2O. The summed E-state index contributed by atoms with van der Waals surface area (Å²) in [5.74, 6) is 2.54. The first-order valence-electron chi connectivity index (χ1n) is 6.46. The highest BCUT2D eigenvalue weighted by Crippen LogP contribution is 2.48. The maximum atomic E-state index is 12.2. The van der Waals surface area contributed by atoms with Crippen LogP contribution in [0.2, 0.25) is 0 Å². The largest absolute Gasteiger partial charge is 0.310 e. The molecule has 0 spiro atoms. The molecule has 3 heteroatoms. The number of pyridine rings is 1. The number of hydrogen-bond acceptors (Lipinski definition) is 2. The molecule has 3 atom stereocenters. The van der Waals surface area contributed by atoms with Crippen LogP contribution in [-0.4, -0.2) is 10.9 Å². The van der Waals surface area contributed by atoms with Gasteiger partial charge in [-0.1, -0.05) is 6.42 Å². The maximum absolute atomic E-state index is 12.2. The van der Waals surface area contributed by atoms with Gasteiger partial charge in [-0.3, -0.25) is 4.79 Å². The number of carbonyl (C=O) groups excluding carboxylic acids is 1. The van der Waals surface area contributed by atoms with Crippen LogP contribution in [0.1, 0.15) is 31.2 Å². The van der Waals surface area contributed by atoms with E-state index in [4.69, 9.17) is 0 Å². The Morgan fingerprint density at radius 3 is 2.94 bits per heavy atom. The highest BCUT2D eigenvalue weighted by Gasteiger charge is 2.43. The van der Waals surface area contributed by atoms with Crippen LogP contribution >= 0.6 is 0 Å². The van der Waals surface area contributed by atoms with E-state index in [0.717, 1.165) is 17.9 Å². The van der Waals surface area contributed by atoms with E-state index in [1.54, 1.807) is 6.20 Å². The van der Waals surface area contributed by atoms with Crippen LogP contribution in [0.3, 0.4) is 0 Å². The zero-order valence-electron chi connectivity index (χ0n) is 10.1. The van der Waals surface area contributed by atoms with Crippen molar-refractivity contribution in [3.8, 4) is 0 Å². The summed E-state index contributed by atoms with van der Waals surface area (Å²) in [4.78, 5) is 16.3. The Balaban J connectivity index is 1.68. The molecule has 1 N–H and O–H groups in total. The van der Waals surface area contributed by atoms with Gasteiger partial charge < -0.3 is 5.32 Å². The van der Waals surface area contributed by atoms with Gasteiger partial charge in [0.05, 0.1) is 0 Å². The van der Waals surface area contributed by atoms with Gasteiger partial charge in [-0.2, -0.15) is 0 Å². The van der Waals surface area contributed by atoms with Gasteiger partial charge in [0.25, 0.3) is 0 Å². The molecule has 0 saturated heterocycles. The molecule has 2 bridgehead atoms. The number of rotatable bonds is 2. The van der Waals surface area contributed by atoms with Crippen molar-refractivity contribution in [2.75, 3.05) is 5.32 Å². The summed E-state index contributed by atoms with van der Waals surface area (Å²) in [5, 5.41) is 2.96. The minimum atomic E-state index is 0.176. The zero-order chi connectivity index (χ0) is 11.8. The number of hydrogen-bond donors (Lipinski definition) is 1. The lowest BCUT2D eigenvalue weighted by molar-refractivity contribution is -0.121. The number of carbonyl (C=O) groups is 1. The van der Waals surface area contributed by atoms with Crippen LogP contribution in [0.4, 0.5) is 5.82 Å². The smallest absolute Gasteiger partial charge is 0.228 e. The molecule has 1 amide bonds. The summed E-state index contributed by atoms with van der Waals surface area (Å²) in [7, 11) is 0. The minimum Gasteiger partial charge on any atom is -0.310 e. The Hall–Kier alpha value is -1.38. The van der Waals surface area contributed by atoms with Gasteiger partial charge in [-0.05, 0) is 55.7 Å². The number of aryl methyl sites for hydroxylation is 1. The molecule has 2 saturated carbocycles. The van der Waals surface area contributed by atoms with Crippen LogP contribution in [-0.2, 0) is 4.79 Å². The van der Waals surface area contributed by atoms with Crippen LogP contribution < -0.4 is 5.32 Å². The van der Waals surface area contributed by atoms with Crippen molar-refractivity contribution in [1.29, 1.82) is 0 Å². The molecule has 2 aliphatic rings. The molecule has 1 aromatic rings. The Bertz CT molecular complexity index is 444. The number of amides is 1. The average molecular weight is 230 g/mol. The van der Waals surface area contributed by atoms with E-state index in [9.17, 15) is 4.79 Å². The van der Waals surface area contributed by atoms with E-state index < -0.39 is 0 Å². The molecule has 1 heterocycles. The van der Waals surface area contributed by atoms with E-state index in [-0.39, 0.29) is 11.8 Å². The van der Waals surface area contributed by atoms with E-state index in [1.807, 2.05) is 19.1 Å². The number of nitrogens with zero attached hydrogens (tertiary/aromatic N) is 1. The maximum Gasteiger partial charge on any atom is 0.228 e. The number of anilines is 1. The second-order valence-corrected chi connectivity index (χ2v) is 5.49. The molecule has 90 valence electrons. The molecule has 0 unspecified atom stereocenters. The predicted octanol–water partition coefficient (Wildman–Crippen LogP) is 2.76. The van der Waals surface area contributed by atoms with E-state index in [2.05, 4.69) is 10.3 Å². The monoisotopic (exact) mass is 230 g/mol. The highest BCUT2D eigenvalue weighted by molar-refractivity contribution is 5.92. The number of fused-ring (bicyclic) bond motifs is 2. The summed E-state index contributed by atoms with van der Waals surface area (Å²) < 4.78 is 0. The molecule has 3 rings (SSSR count). The molecule has 0 aliphatic heterocycles.